The smallest absolute Gasteiger partial charge is 0.160 e. The van der Waals surface area contributed by atoms with Crippen LogP contribution in [0.25, 0.3) is 72.5 Å². The standard InChI is InChI=1S/C44H33N3/c1-30-25-39(29-45-28-30)37-13-7-14-38(26-37)43-27-42(35-21-17-32(18-22-35)31-9-3-2-4-10-31)46-44(47-43)36-23-19-34(20-24-36)41-16-8-12-33-11-5-6-15-40(33)41/h2-27,29-30H,28H2,1H3/t30-/m0/s1. The van der Waals surface area contributed by atoms with E-state index in [0.29, 0.717) is 11.7 Å². The summed E-state index contributed by atoms with van der Waals surface area (Å²) in [6.45, 7) is 3.04. The maximum Gasteiger partial charge on any atom is 0.160 e. The lowest BCUT2D eigenvalue weighted by atomic mass is 9.96. The van der Waals surface area contributed by atoms with Crippen LogP contribution >= 0.6 is 0 Å². The summed E-state index contributed by atoms with van der Waals surface area (Å²) in [5.41, 5.74) is 11.9. The van der Waals surface area contributed by atoms with Crippen molar-refractivity contribution in [1.82, 2.24) is 9.97 Å². The summed E-state index contributed by atoms with van der Waals surface area (Å²) in [6, 6.07) is 53.5. The van der Waals surface area contributed by atoms with Crippen LogP contribution in [0.3, 0.4) is 0 Å². The molecule has 1 aliphatic rings. The van der Waals surface area contributed by atoms with Crippen molar-refractivity contribution >= 4 is 22.6 Å². The van der Waals surface area contributed by atoms with Gasteiger partial charge in [0.05, 0.1) is 11.4 Å². The van der Waals surface area contributed by atoms with Crippen molar-refractivity contribution in [3.63, 3.8) is 0 Å². The zero-order valence-corrected chi connectivity index (χ0v) is 26.2. The van der Waals surface area contributed by atoms with E-state index in [2.05, 4.69) is 164 Å². The molecule has 47 heavy (non-hydrogen) atoms. The molecule has 0 amide bonds. The van der Waals surface area contributed by atoms with Crippen molar-refractivity contribution in [1.29, 1.82) is 0 Å². The second-order valence-electron chi connectivity index (χ2n) is 12.2. The van der Waals surface area contributed by atoms with Gasteiger partial charge >= 0.3 is 0 Å². The number of dihydropyridines is 1. The molecule has 0 fully saturated rings. The third-order valence-electron chi connectivity index (χ3n) is 8.84. The number of benzene rings is 6. The number of rotatable bonds is 6. The summed E-state index contributed by atoms with van der Waals surface area (Å²) in [7, 11) is 0. The molecule has 224 valence electrons. The van der Waals surface area contributed by atoms with Crippen LogP contribution in [0.4, 0.5) is 0 Å². The first-order valence-corrected chi connectivity index (χ1v) is 16.1. The fraction of sp³-hybridized carbons (Fsp3) is 0.0682. The van der Waals surface area contributed by atoms with Gasteiger partial charge in [-0.15, -0.1) is 0 Å². The predicted octanol–water partition coefficient (Wildman–Crippen LogP) is 11.1. The molecule has 0 spiro atoms. The van der Waals surface area contributed by atoms with Crippen LogP contribution in [0.2, 0.25) is 0 Å². The minimum absolute atomic E-state index is 0.423. The zero-order valence-electron chi connectivity index (χ0n) is 26.2. The minimum Gasteiger partial charge on any atom is -0.292 e. The first kappa shape index (κ1) is 28.5. The fourth-order valence-electron chi connectivity index (χ4n) is 6.36. The Hall–Kier alpha value is -5.93. The van der Waals surface area contributed by atoms with Crippen molar-refractivity contribution in [2.45, 2.75) is 6.92 Å². The normalized spacial score (nSPS) is 14.2. The summed E-state index contributed by atoms with van der Waals surface area (Å²) < 4.78 is 0. The van der Waals surface area contributed by atoms with E-state index < -0.39 is 0 Å². The van der Waals surface area contributed by atoms with Crippen molar-refractivity contribution in [3.8, 4) is 56.2 Å². The monoisotopic (exact) mass is 603 g/mol. The van der Waals surface area contributed by atoms with Gasteiger partial charge in [-0.2, -0.15) is 0 Å². The summed E-state index contributed by atoms with van der Waals surface area (Å²) in [4.78, 5) is 14.9. The number of aliphatic imine (C=N–C) groups is 1. The van der Waals surface area contributed by atoms with Crippen molar-refractivity contribution < 1.29 is 0 Å². The van der Waals surface area contributed by atoms with Crippen molar-refractivity contribution in [2.24, 2.45) is 10.9 Å². The van der Waals surface area contributed by atoms with Crippen LogP contribution < -0.4 is 0 Å². The number of hydrogen-bond donors (Lipinski definition) is 0. The second kappa shape index (κ2) is 12.5. The molecule has 1 atom stereocenters. The molecule has 7 aromatic rings. The molecule has 0 radical (unpaired) electrons. The van der Waals surface area contributed by atoms with Gasteiger partial charge in [0, 0.05) is 29.4 Å². The van der Waals surface area contributed by atoms with Gasteiger partial charge in [0.25, 0.3) is 0 Å². The van der Waals surface area contributed by atoms with Crippen LogP contribution in [0.15, 0.2) is 163 Å². The van der Waals surface area contributed by atoms with Gasteiger partial charge in [0.15, 0.2) is 5.82 Å². The Bertz CT molecular complexity index is 2260. The Labute approximate surface area is 275 Å². The van der Waals surface area contributed by atoms with Crippen LogP contribution in [0.5, 0.6) is 0 Å². The summed E-state index contributed by atoms with van der Waals surface area (Å²) in [6.07, 6.45) is 4.29. The second-order valence-corrected chi connectivity index (χ2v) is 12.2. The first-order valence-electron chi connectivity index (χ1n) is 16.1. The fourth-order valence-corrected chi connectivity index (χ4v) is 6.36. The molecular formula is C44H33N3. The molecule has 2 heterocycles. The maximum atomic E-state index is 5.15. The van der Waals surface area contributed by atoms with Gasteiger partial charge in [-0.1, -0.05) is 153 Å². The highest BCUT2D eigenvalue weighted by atomic mass is 14.9. The number of allylic oxidation sites excluding steroid dienone is 1. The topological polar surface area (TPSA) is 38.1 Å². The number of nitrogens with zero attached hydrogens (tertiary/aromatic N) is 3. The van der Waals surface area contributed by atoms with Gasteiger partial charge in [-0.3, -0.25) is 4.99 Å². The molecule has 3 nitrogen and oxygen atoms in total. The van der Waals surface area contributed by atoms with E-state index in [0.717, 1.165) is 45.8 Å². The molecule has 0 saturated heterocycles. The van der Waals surface area contributed by atoms with E-state index in [1.165, 1.54) is 33.0 Å². The van der Waals surface area contributed by atoms with E-state index in [4.69, 9.17) is 9.97 Å². The lowest BCUT2D eigenvalue weighted by Crippen LogP contribution is -2.03. The van der Waals surface area contributed by atoms with E-state index in [1.807, 2.05) is 12.3 Å². The number of hydrogen-bond acceptors (Lipinski definition) is 3. The van der Waals surface area contributed by atoms with E-state index in [1.54, 1.807) is 0 Å². The Balaban J connectivity index is 1.21. The van der Waals surface area contributed by atoms with Crippen LogP contribution in [0.1, 0.15) is 12.5 Å². The Morgan fingerprint density at radius 2 is 1.09 bits per heavy atom. The predicted molar refractivity (Wildman–Crippen MR) is 197 cm³/mol. The van der Waals surface area contributed by atoms with E-state index >= 15 is 0 Å². The van der Waals surface area contributed by atoms with Crippen LogP contribution in [0, 0.1) is 5.92 Å². The average molecular weight is 604 g/mol. The summed E-state index contributed by atoms with van der Waals surface area (Å²) >= 11 is 0. The van der Waals surface area contributed by atoms with Gasteiger partial charge < -0.3 is 0 Å². The van der Waals surface area contributed by atoms with Crippen molar-refractivity contribution in [3.05, 3.63) is 163 Å². The number of fused-ring (bicyclic) bond motifs is 1. The Kier molecular flexibility index (Phi) is 7.56. The van der Waals surface area contributed by atoms with Crippen molar-refractivity contribution in [2.75, 3.05) is 6.54 Å². The molecule has 1 aliphatic heterocycles. The molecule has 0 bridgehead atoms. The highest BCUT2D eigenvalue weighted by Gasteiger charge is 2.14. The third kappa shape index (κ3) is 5.92. The lowest BCUT2D eigenvalue weighted by molar-refractivity contribution is 0.740. The van der Waals surface area contributed by atoms with Crippen LogP contribution in [-0.4, -0.2) is 22.7 Å². The van der Waals surface area contributed by atoms with E-state index in [-0.39, 0.29) is 0 Å². The Morgan fingerprint density at radius 1 is 0.489 bits per heavy atom. The SMILES string of the molecule is C[C@H]1C=C(c2cccc(-c3cc(-c4ccc(-c5ccccc5)cc4)nc(-c4ccc(-c5cccc6ccccc56)cc4)n3)c2)C=NC1. The molecule has 6 aromatic carbocycles. The van der Waals surface area contributed by atoms with Gasteiger partial charge in [0.1, 0.15) is 0 Å². The van der Waals surface area contributed by atoms with E-state index in [9.17, 15) is 0 Å². The van der Waals surface area contributed by atoms with Crippen LogP contribution in [-0.2, 0) is 0 Å². The molecule has 3 heteroatoms. The molecular weight excluding hydrogens is 571 g/mol. The molecule has 0 N–H and O–H groups in total. The van der Waals surface area contributed by atoms with Gasteiger partial charge in [-0.05, 0) is 62.2 Å². The molecule has 1 aromatic heterocycles. The summed E-state index contributed by atoms with van der Waals surface area (Å²) in [5.74, 6) is 1.12. The summed E-state index contributed by atoms with van der Waals surface area (Å²) in [5, 5.41) is 2.48. The number of aromatic nitrogens is 2. The average Bonchev–Trinajstić information content (AvgIpc) is 3.15. The lowest BCUT2D eigenvalue weighted by Gasteiger charge is -2.14. The molecule has 0 aliphatic carbocycles. The molecule has 0 saturated carbocycles. The third-order valence-corrected chi connectivity index (χ3v) is 8.84. The van der Waals surface area contributed by atoms with Gasteiger partial charge in [-0.25, -0.2) is 9.97 Å². The largest absolute Gasteiger partial charge is 0.292 e. The maximum absolute atomic E-state index is 5.15. The minimum atomic E-state index is 0.423. The zero-order chi connectivity index (χ0) is 31.6. The Morgan fingerprint density at radius 3 is 1.89 bits per heavy atom. The first-order chi connectivity index (χ1) is 23.2. The molecule has 0 unspecified atom stereocenters. The highest BCUT2D eigenvalue weighted by molar-refractivity contribution is 6.10. The van der Waals surface area contributed by atoms with Gasteiger partial charge in [0.2, 0.25) is 0 Å². The molecule has 8 rings (SSSR count). The highest BCUT2D eigenvalue weighted by Crippen LogP contribution is 2.33. The quantitative estimate of drug-likeness (QED) is 0.190.